The molecule has 286 valence electrons. The minimum absolute atomic E-state index is 0.0250. The highest BCUT2D eigenvalue weighted by atomic mass is 19.3. The first-order chi connectivity index (χ1) is 25.6. The van der Waals surface area contributed by atoms with Crippen LogP contribution in [-0.4, -0.2) is 81.8 Å². The third kappa shape index (κ3) is 8.67. The number of benzene rings is 2. The number of hydrogen-bond acceptors (Lipinski definition) is 10. The summed E-state index contributed by atoms with van der Waals surface area (Å²) in [4.78, 5) is 42.1. The lowest BCUT2D eigenvalue weighted by Gasteiger charge is -2.38. The zero-order chi connectivity index (χ0) is 38.8. The van der Waals surface area contributed by atoms with E-state index in [0.29, 0.717) is 66.5 Å². The monoisotopic (exact) mass is 743 g/mol. The fraction of sp³-hybridized carbons (Fsp3) is 0.436. The van der Waals surface area contributed by atoms with E-state index >= 15 is 8.78 Å². The van der Waals surface area contributed by atoms with Crippen molar-refractivity contribution in [3.8, 4) is 0 Å². The van der Waals surface area contributed by atoms with Gasteiger partial charge >= 0.3 is 0 Å². The van der Waals surface area contributed by atoms with E-state index < -0.39 is 23.8 Å². The van der Waals surface area contributed by atoms with Gasteiger partial charge in [-0.1, -0.05) is 50.2 Å². The molecule has 4 aromatic rings. The zero-order valence-electron chi connectivity index (χ0n) is 31.2. The predicted molar refractivity (Wildman–Crippen MR) is 200 cm³/mol. The fourth-order valence-corrected chi connectivity index (χ4v) is 6.85. The van der Waals surface area contributed by atoms with Crippen LogP contribution < -0.4 is 21.4 Å². The summed E-state index contributed by atoms with van der Waals surface area (Å²) in [5.41, 5.74) is 8.23. The smallest absolute Gasteiger partial charge is 0.292 e. The second-order valence-electron chi connectivity index (χ2n) is 15.1. The Labute approximate surface area is 312 Å². The largest absolute Gasteiger partial charge is 0.374 e. The third-order valence-electron chi connectivity index (χ3n) is 10.0. The Hall–Kier alpha value is -5.44. The van der Waals surface area contributed by atoms with Gasteiger partial charge in [0.2, 0.25) is 17.7 Å². The molecule has 2 aliphatic rings. The van der Waals surface area contributed by atoms with E-state index in [1.54, 1.807) is 40.9 Å². The number of likely N-dealkylation sites (tertiary alicyclic amines) is 1. The molecule has 54 heavy (non-hydrogen) atoms. The van der Waals surface area contributed by atoms with Gasteiger partial charge in [0.05, 0.1) is 23.9 Å². The summed E-state index contributed by atoms with van der Waals surface area (Å²) in [6.07, 6.45) is 3.36. The van der Waals surface area contributed by atoms with E-state index in [0.717, 1.165) is 16.7 Å². The molecule has 0 aliphatic carbocycles. The summed E-state index contributed by atoms with van der Waals surface area (Å²) in [6.45, 7) is 8.54. The highest BCUT2D eigenvalue weighted by Crippen LogP contribution is 2.40. The molecular weight excluding hydrogens is 696 g/mol. The normalized spacial score (nSPS) is 18.9. The molecule has 15 heteroatoms. The average Bonchev–Trinajstić information content (AvgIpc) is 3.80. The van der Waals surface area contributed by atoms with Gasteiger partial charge in [0, 0.05) is 49.4 Å². The van der Waals surface area contributed by atoms with Crippen molar-refractivity contribution in [2.45, 2.75) is 83.2 Å². The number of piperidine rings is 2. The predicted octanol–water partition coefficient (Wildman–Crippen LogP) is 4.88. The van der Waals surface area contributed by atoms with Crippen LogP contribution in [0.15, 0.2) is 59.3 Å². The van der Waals surface area contributed by atoms with E-state index in [9.17, 15) is 14.4 Å². The second kappa shape index (κ2) is 15.5. The van der Waals surface area contributed by atoms with E-state index in [1.165, 1.54) is 0 Å². The molecule has 4 heterocycles. The molecule has 0 saturated carbocycles. The number of aromatic nitrogens is 3. The van der Waals surface area contributed by atoms with Crippen LogP contribution in [0.3, 0.4) is 0 Å². The lowest BCUT2D eigenvalue weighted by atomic mass is 9.86. The van der Waals surface area contributed by atoms with Crippen LogP contribution in [0.1, 0.15) is 96.0 Å². The van der Waals surface area contributed by atoms with Crippen LogP contribution >= 0.6 is 0 Å². The number of nitrogens with one attached hydrogen (secondary N) is 5. The third-order valence-corrected chi connectivity index (χ3v) is 10.0. The molecule has 2 aromatic heterocycles. The maximum atomic E-state index is 15.6. The van der Waals surface area contributed by atoms with Gasteiger partial charge in [-0.3, -0.25) is 34.7 Å². The SMILES string of the molecule is CNn1cc(CCN2CCC(c3ccc(NC4CCC(=O)NC4=O)cc3)C(F)(F)C2)cc1C(=N)c1ccc(CNC(=O)c2noc(C(C)(C)C)n2)c(C)c1. The van der Waals surface area contributed by atoms with Crippen molar-refractivity contribution in [3.63, 3.8) is 0 Å². The highest BCUT2D eigenvalue weighted by Gasteiger charge is 2.45. The maximum Gasteiger partial charge on any atom is 0.292 e. The van der Waals surface area contributed by atoms with Gasteiger partial charge in [-0.05, 0) is 79.3 Å². The summed E-state index contributed by atoms with van der Waals surface area (Å²) in [5.74, 6) is -4.62. The standard InChI is InChI=1S/C39H47F2N9O4/c1-23-18-26(6-7-27(23)20-44-36(53)34-47-37(54-48-34)38(2,3)4)33(42)31-19-24(21-50(31)43-5)14-16-49-17-15-29(39(40,41)22-49)25-8-10-28(11-9-25)45-30-12-13-32(51)46-35(30)52/h6-11,18-19,21,29-30,42-43,45H,12-17,20,22H2,1-5H3,(H,44,53)(H,46,51,52). The molecule has 0 radical (unpaired) electrons. The van der Waals surface area contributed by atoms with Gasteiger partial charge in [0.25, 0.3) is 17.7 Å². The van der Waals surface area contributed by atoms with E-state index in [1.807, 2.05) is 58.2 Å². The number of imide groups is 1. The number of anilines is 1. The summed E-state index contributed by atoms with van der Waals surface area (Å²) in [5, 5.41) is 21.0. The second-order valence-corrected chi connectivity index (χ2v) is 15.1. The van der Waals surface area contributed by atoms with Gasteiger partial charge in [0.1, 0.15) is 6.04 Å². The number of carbonyl (C=O) groups is 3. The van der Waals surface area contributed by atoms with Crippen molar-refractivity contribution < 1.29 is 27.7 Å². The summed E-state index contributed by atoms with van der Waals surface area (Å²) >= 11 is 0. The number of nitrogens with zero attached hydrogens (tertiary/aromatic N) is 4. The lowest BCUT2D eigenvalue weighted by Crippen LogP contribution is -2.48. The fourth-order valence-electron chi connectivity index (χ4n) is 6.85. The lowest BCUT2D eigenvalue weighted by molar-refractivity contribution is -0.133. The minimum atomic E-state index is -2.93. The van der Waals surface area contributed by atoms with Gasteiger partial charge in [-0.15, -0.1) is 0 Å². The van der Waals surface area contributed by atoms with Crippen LogP contribution in [0.25, 0.3) is 0 Å². The molecule has 5 N–H and O–H groups in total. The maximum absolute atomic E-state index is 15.6. The van der Waals surface area contributed by atoms with Crippen molar-refractivity contribution in [2.24, 2.45) is 0 Å². The molecule has 3 amide bonds. The van der Waals surface area contributed by atoms with Crippen molar-refractivity contribution in [2.75, 3.05) is 37.4 Å². The molecule has 0 bridgehead atoms. The van der Waals surface area contributed by atoms with Crippen molar-refractivity contribution in [3.05, 3.63) is 100.0 Å². The molecule has 2 unspecified atom stereocenters. The molecule has 2 fully saturated rings. The Morgan fingerprint density at radius 1 is 1.11 bits per heavy atom. The van der Waals surface area contributed by atoms with E-state index in [4.69, 9.17) is 9.93 Å². The van der Waals surface area contributed by atoms with Crippen LogP contribution in [0.2, 0.25) is 0 Å². The molecule has 13 nitrogen and oxygen atoms in total. The number of halogens is 2. The van der Waals surface area contributed by atoms with Gasteiger partial charge in [0.15, 0.2) is 0 Å². The number of hydrogen-bond donors (Lipinski definition) is 5. The molecule has 6 rings (SSSR count). The summed E-state index contributed by atoms with van der Waals surface area (Å²) < 4.78 is 38.1. The van der Waals surface area contributed by atoms with Crippen LogP contribution in [-0.2, 0) is 28.0 Å². The Kier molecular flexibility index (Phi) is 11.0. The molecule has 2 saturated heterocycles. The first-order valence-electron chi connectivity index (χ1n) is 18.1. The molecule has 2 atom stereocenters. The molecule has 2 aliphatic heterocycles. The summed E-state index contributed by atoms with van der Waals surface area (Å²) in [7, 11) is 1.76. The van der Waals surface area contributed by atoms with Crippen LogP contribution in [0, 0.1) is 12.3 Å². The first kappa shape index (κ1) is 38.3. The zero-order valence-corrected chi connectivity index (χ0v) is 31.2. The van der Waals surface area contributed by atoms with Crippen molar-refractivity contribution >= 4 is 29.1 Å². The van der Waals surface area contributed by atoms with Crippen molar-refractivity contribution in [1.29, 1.82) is 5.41 Å². The Balaban J connectivity index is 1.02. The van der Waals surface area contributed by atoms with Crippen LogP contribution in [0.4, 0.5) is 14.5 Å². The van der Waals surface area contributed by atoms with Crippen LogP contribution in [0.5, 0.6) is 0 Å². The Morgan fingerprint density at radius 3 is 2.52 bits per heavy atom. The van der Waals surface area contributed by atoms with Gasteiger partial charge < -0.3 is 20.6 Å². The van der Waals surface area contributed by atoms with Gasteiger partial charge in [-0.25, -0.2) is 8.78 Å². The number of aryl methyl sites for hydroxylation is 1. The van der Waals surface area contributed by atoms with E-state index in [2.05, 4.69) is 31.5 Å². The Morgan fingerprint density at radius 2 is 1.87 bits per heavy atom. The van der Waals surface area contributed by atoms with Gasteiger partial charge in [-0.2, -0.15) is 4.98 Å². The average molecular weight is 744 g/mol. The van der Waals surface area contributed by atoms with E-state index in [-0.39, 0.29) is 42.6 Å². The quantitative estimate of drug-likeness (QED) is 0.100. The van der Waals surface area contributed by atoms with Crippen molar-refractivity contribution in [1.82, 2.24) is 30.4 Å². The minimum Gasteiger partial charge on any atom is -0.374 e. The molecular formula is C39H47F2N9O4. The highest BCUT2D eigenvalue weighted by molar-refractivity contribution is 6.10. The summed E-state index contributed by atoms with van der Waals surface area (Å²) in [6, 6.07) is 13.8. The number of alkyl halides is 2. The number of carbonyl (C=O) groups excluding carboxylic acids is 3. The molecule has 0 spiro atoms. The first-order valence-corrected chi connectivity index (χ1v) is 18.1. The molecule has 2 aromatic carbocycles. The Bertz CT molecular complexity index is 2030. The number of rotatable bonds is 12. The topological polar surface area (TPSA) is 170 Å². The number of amides is 3.